The van der Waals surface area contributed by atoms with Gasteiger partial charge in [0.1, 0.15) is 7.85 Å². The summed E-state index contributed by atoms with van der Waals surface area (Å²) in [5.41, 5.74) is 1.51. The van der Waals surface area contributed by atoms with Crippen LogP contribution in [0.3, 0.4) is 0 Å². The van der Waals surface area contributed by atoms with Crippen molar-refractivity contribution in [3.8, 4) is 6.07 Å². The Hall–Kier alpha value is -0.965. The van der Waals surface area contributed by atoms with E-state index in [1.54, 1.807) is 6.08 Å². The fraction of sp³-hybridized carbons (Fsp3) is 0.286. The molecule has 0 bridgehead atoms. The first-order valence-electron chi connectivity index (χ1n) is 2.89. The van der Waals surface area contributed by atoms with Gasteiger partial charge in [-0.05, 0) is 12.8 Å². The predicted octanol–water partition coefficient (Wildman–Crippen LogP) is 1.28. The van der Waals surface area contributed by atoms with Crippen LogP contribution >= 0.6 is 0 Å². The molecule has 0 amide bonds. The maximum atomic E-state index is 8.41. The lowest BCUT2D eigenvalue weighted by molar-refractivity contribution is 0.990. The Kier molecular flexibility index (Phi) is 1.74. The van der Waals surface area contributed by atoms with E-state index < -0.39 is 0 Å². The van der Waals surface area contributed by atoms with Gasteiger partial charge in [-0.3, -0.25) is 0 Å². The Morgan fingerprint density at radius 2 is 2.44 bits per heavy atom. The zero-order chi connectivity index (χ0) is 6.69. The molecule has 2 heteroatoms. The third-order valence-electron chi connectivity index (χ3n) is 1.28. The smallest absolute Gasteiger partial charge is 0.113 e. The fourth-order valence-electron chi connectivity index (χ4n) is 0.815. The van der Waals surface area contributed by atoms with E-state index in [9.17, 15) is 0 Å². The molecule has 0 aliphatic heterocycles. The van der Waals surface area contributed by atoms with Crippen LogP contribution in [0.4, 0.5) is 0 Å². The lowest BCUT2D eigenvalue weighted by Gasteiger charge is -2.02. The van der Waals surface area contributed by atoms with Crippen LogP contribution in [-0.2, 0) is 0 Å². The summed E-state index contributed by atoms with van der Waals surface area (Å²) in [6.45, 7) is 0. The molecule has 0 unspecified atom stereocenters. The van der Waals surface area contributed by atoms with Crippen molar-refractivity contribution in [1.82, 2.24) is 0 Å². The summed E-state index contributed by atoms with van der Waals surface area (Å²) >= 11 is 0. The Bertz CT molecular complexity index is 207. The Morgan fingerprint density at radius 1 is 1.67 bits per heavy atom. The highest BCUT2D eigenvalue weighted by Crippen LogP contribution is 2.13. The van der Waals surface area contributed by atoms with Gasteiger partial charge in [0.05, 0.1) is 6.07 Å². The molecule has 2 radical (unpaired) electrons. The van der Waals surface area contributed by atoms with E-state index in [0.29, 0.717) is 0 Å². The first kappa shape index (κ1) is 6.16. The monoisotopic (exact) mass is 115 g/mol. The first-order chi connectivity index (χ1) is 4.33. The van der Waals surface area contributed by atoms with Crippen LogP contribution in [0.25, 0.3) is 0 Å². The molecule has 42 valence electrons. The maximum absolute atomic E-state index is 8.41. The molecule has 0 spiro atoms. The van der Waals surface area contributed by atoms with Crippen molar-refractivity contribution in [2.45, 2.75) is 12.8 Å². The van der Waals surface area contributed by atoms with E-state index in [-0.39, 0.29) is 0 Å². The van der Waals surface area contributed by atoms with Gasteiger partial charge in [-0.15, -0.1) is 0 Å². The summed E-state index contributed by atoms with van der Waals surface area (Å²) in [7, 11) is 5.43. The molecule has 0 fully saturated rings. The largest absolute Gasteiger partial charge is 0.193 e. The van der Waals surface area contributed by atoms with Crippen molar-refractivity contribution in [3.63, 3.8) is 0 Å². The lowest BCUT2D eigenvalue weighted by atomic mass is 9.88. The summed E-state index contributed by atoms with van der Waals surface area (Å²) in [6, 6.07) is 2.07. The molecule has 1 aliphatic rings. The first-order valence-corrected chi connectivity index (χ1v) is 2.89. The molecule has 1 rings (SSSR count). The van der Waals surface area contributed by atoms with Crippen LogP contribution in [0.1, 0.15) is 12.8 Å². The molecule has 9 heavy (non-hydrogen) atoms. The number of hydrogen-bond donors (Lipinski definition) is 0. The molecule has 0 heterocycles. The minimum Gasteiger partial charge on any atom is -0.193 e. The van der Waals surface area contributed by atoms with Gasteiger partial charge in [-0.25, -0.2) is 0 Å². The van der Waals surface area contributed by atoms with E-state index in [4.69, 9.17) is 13.1 Å². The molecule has 1 nitrogen and oxygen atoms in total. The van der Waals surface area contributed by atoms with Crippen molar-refractivity contribution in [3.05, 3.63) is 23.2 Å². The van der Waals surface area contributed by atoms with Gasteiger partial charge in [0.25, 0.3) is 0 Å². The Morgan fingerprint density at radius 3 is 2.89 bits per heavy atom. The minimum atomic E-state index is 0.720. The summed E-state index contributed by atoms with van der Waals surface area (Å²) in [4.78, 5) is 0. The van der Waals surface area contributed by atoms with Gasteiger partial charge < -0.3 is 0 Å². The summed E-state index contributed by atoms with van der Waals surface area (Å²) in [5, 5.41) is 8.41. The summed E-state index contributed by atoms with van der Waals surface area (Å²) < 4.78 is 0. The average molecular weight is 115 g/mol. The summed E-state index contributed by atoms with van der Waals surface area (Å²) in [6.07, 6.45) is 5.41. The number of allylic oxidation sites excluding steroid dienone is 4. The molecule has 0 saturated carbocycles. The quantitative estimate of drug-likeness (QED) is 0.436. The zero-order valence-electron chi connectivity index (χ0n) is 5.09. The van der Waals surface area contributed by atoms with Crippen LogP contribution in [0, 0.1) is 11.3 Å². The predicted molar refractivity (Wildman–Crippen MR) is 36.8 cm³/mol. The number of nitrogens with zero attached hydrogens (tertiary/aromatic N) is 1. The molecular formula is C7H6BN. The van der Waals surface area contributed by atoms with Crippen molar-refractivity contribution < 1.29 is 0 Å². The second-order valence-corrected chi connectivity index (χ2v) is 2.02. The van der Waals surface area contributed by atoms with E-state index in [1.165, 1.54) is 0 Å². The van der Waals surface area contributed by atoms with Crippen LogP contribution < -0.4 is 0 Å². The number of rotatable bonds is 0. The average Bonchev–Trinajstić information content (AvgIpc) is 1.88. The second kappa shape index (κ2) is 2.54. The normalized spacial score (nSPS) is 17.7. The molecular weight excluding hydrogens is 109 g/mol. The van der Waals surface area contributed by atoms with Gasteiger partial charge in [0, 0.05) is 5.57 Å². The molecule has 1 aliphatic carbocycles. The van der Waals surface area contributed by atoms with E-state index in [2.05, 4.69) is 6.07 Å². The van der Waals surface area contributed by atoms with Crippen LogP contribution in [0.2, 0.25) is 0 Å². The molecule has 0 aromatic rings. The Balaban J connectivity index is 2.78. The topological polar surface area (TPSA) is 23.8 Å². The molecule has 0 atom stereocenters. The van der Waals surface area contributed by atoms with Crippen molar-refractivity contribution in [1.29, 1.82) is 5.26 Å². The van der Waals surface area contributed by atoms with E-state index in [0.717, 1.165) is 23.9 Å². The third kappa shape index (κ3) is 1.46. The van der Waals surface area contributed by atoms with Crippen molar-refractivity contribution in [2.24, 2.45) is 0 Å². The van der Waals surface area contributed by atoms with Crippen LogP contribution in [0.15, 0.2) is 23.2 Å². The van der Waals surface area contributed by atoms with Gasteiger partial charge in [-0.1, -0.05) is 17.6 Å². The maximum Gasteiger partial charge on any atom is 0.113 e. The third-order valence-corrected chi connectivity index (χ3v) is 1.28. The molecule has 0 aromatic heterocycles. The van der Waals surface area contributed by atoms with Gasteiger partial charge in [-0.2, -0.15) is 5.26 Å². The minimum absolute atomic E-state index is 0.720. The Labute approximate surface area is 56.1 Å². The highest BCUT2D eigenvalue weighted by Gasteiger charge is 1.98. The van der Waals surface area contributed by atoms with Crippen molar-refractivity contribution >= 4 is 7.85 Å². The van der Waals surface area contributed by atoms with Crippen molar-refractivity contribution in [2.75, 3.05) is 0 Å². The molecule has 0 N–H and O–H groups in total. The van der Waals surface area contributed by atoms with Gasteiger partial charge in [0.15, 0.2) is 0 Å². The lowest BCUT2D eigenvalue weighted by Crippen LogP contribution is -1.89. The fourth-order valence-corrected chi connectivity index (χ4v) is 0.815. The second-order valence-electron chi connectivity index (χ2n) is 2.02. The summed E-state index contributed by atoms with van der Waals surface area (Å²) in [5.74, 6) is 0. The van der Waals surface area contributed by atoms with Crippen LogP contribution in [0.5, 0.6) is 0 Å². The zero-order valence-corrected chi connectivity index (χ0v) is 5.09. The molecule has 0 saturated heterocycles. The SMILES string of the molecule is [B]C1=CCCC(C#N)=C1. The van der Waals surface area contributed by atoms with E-state index >= 15 is 0 Å². The highest BCUT2D eigenvalue weighted by atomic mass is 14.2. The standard InChI is InChI=1S/C7H6BN/c8-7-3-1-2-6(4-7)5-9/h3-4H,1-2H2. The molecule has 0 aromatic carbocycles. The van der Waals surface area contributed by atoms with Crippen LogP contribution in [-0.4, -0.2) is 7.85 Å². The van der Waals surface area contributed by atoms with Gasteiger partial charge in [0.2, 0.25) is 0 Å². The highest BCUT2D eigenvalue weighted by molar-refractivity contribution is 6.23. The van der Waals surface area contributed by atoms with Gasteiger partial charge >= 0.3 is 0 Å². The van der Waals surface area contributed by atoms with E-state index in [1.807, 2.05) is 6.08 Å². The number of nitriles is 1. The number of hydrogen-bond acceptors (Lipinski definition) is 1.